The maximum Gasteiger partial charge on any atom is 0.338 e. The Morgan fingerprint density at radius 2 is 1.56 bits per heavy atom. The Hall–Kier alpha value is -3.72. The molecule has 2 aromatic rings. The van der Waals surface area contributed by atoms with Gasteiger partial charge in [-0.15, -0.1) is 0 Å². The second kappa shape index (κ2) is 10.5. The second-order valence-corrected chi connectivity index (χ2v) is 8.47. The number of benzene rings is 2. The first-order chi connectivity index (χ1) is 16.4. The number of amides is 4. The summed E-state index contributed by atoms with van der Waals surface area (Å²) < 4.78 is 5.41. The molecule has 1 atom stereocenters. The third kappa shape index (κ3) is 5.60. The van der Waals surface area contributed by atoms with Gasteiger partial charge in [-0.05, 0) is 30.2 Å². The van der Waals surface area contributed by atoms with Crippen LogP contribution in [-0.2, 0) is 27.4 Å². The number of rotatable bonds is 7. The average molecular weight is 465 g/mol. The van der Waals surface area contributed by atoms with Crippen LogP contribution < -0.4 is 5.32 Å². The van der Waals surface area contributed by atoms with Crippen LogP contribution in [0.2, 0.25) is 0 Å². The highest BCUT2D eigenvalue weighted by Gasteiger charge is 2.29. The molecule has 4 amide bonds. The number of ether oxygens (including phenoxy) is 1. The van der Waals surface area contributed by atoms with Crippen molar-refractivity contribution in [2.75, 3.05) is 32.7 Å². The summed E-state index contributed by atoms with van der Waals surface area (Å²) in [6.45, 7) is 5.27. The van der Waals surface area contributed by atoms with Crippen molar-refractivity contribution in [2.24, 2.45) is 0 Å². The van der Waals surface area contributed by atoms with Crippen LogP contribution in [0.15, 0.2) is 54.6 Å². The van der Waals surface area contributed by atoms with Gasteiger partial charge in [0, 0.05) is 32.7 Å². The van der Waals surface area contributed by atoms with Crippen LogP contribution in [0.4, 0.5) is 4.79 Å². The van der Waals surface area contributed by atoms with Crippen LogP contribution in [0.1, 0.15) is 28.4 Å². The lowest BCUT2D eigenvalue weighted by Crippen LogP contribution is -2.51. The van der Waals surface area contributed by atoms with Crippen molar-refractivity contribution in [3.8, 4) is 0 Å². The number of esters is 1. The lowest BCUT2D eigenvalue weighted by Gasteiger charge is -2.35. The molecule has 0 aliphatic carbocycles. The number of hydrogen-bond donors (Lipinski definition) is 1. The molecule has 178 valence electrons. The van der Waals surface area contributed by atoms with Crippen LogP contribution in [-0.4, -0.2) is 77.3 Å². The Morgan fingerprint density at radius 1 is 0.912 bits per heavy atom. The first kappa shape index (κ1) is 23.4. The summed E-state index contributed by atoms with van der Waals surface area (Å²) in [5, 5.41) is 2.47. The number of urea groups is 1. The molecule has 1 N–H and O–H groups in total. The van der Waals surface area contributed by atoms with Crippen molar-refractivity contribution < 1.29 is 23.9 Å². The van der Waals surface area contributed by atoms with E-state index in [1.807, 2.05) is 18.2 Å². The van der Waals surface area contributed by atoms with Crippen LogP contribution in [0, 0.1) is 0 Å². The zero-order chi connectivity index (χ0) is 24.1. The summed E-state index contributed by atoms with van der Waals surface area (Å²) in [4.78, 5) is 53.9. The van der Waals surface area contributed by atoms with Crippen LogP contribution in [0.3, 0.4) is 0 Å². The largest absolute Gasteiger partial charge is 0.449 e. The van der Waals surface area contributed by atoms with Gasteiger partial charge in [0.1, 0.15) is 0 Å². The van der Waals surface area contributed by atoms with Gasteiger partial charge in [-0.3, -0.25) is 19.4 Å². The minimum Gasteiger partial charge on any atom is -0.449 e. The number of nitrogens with one attached hydrogen (secondary N) is 1. The van der Waals surface area contributed by atoms with E-state index in [0.29, 0.717) is 24.2 Å². The minimum absolute atomic E-state index is 0.00274. The summed E-state index contributed by atoms with van der Waals surface area (Å²) in [6, 6.07) is 16.2. The van der Waals surface area contributed by atoms with Crippen molar-refractivity contribution in [1.29, 1.82) is 0 Å². The second-order valence-electron chi connectivity index (χ2n) is 8.47. The van der Waals surface area contributed by atoms with Gasteiger partial charge in [0.15, 0.2) is 6.10 Å². The van der Waals surface area contributed by atoms with Gasteiger partial charge in [-0.2, -0.15) is 0 Å². The van der Waals surface area contributed by atoms with Gasteiger partial charge in [-0.25, -0.2) is 9.59 Å². The molecule has 2 aliphatic heterocycles. The molecule has 2 aliphatic rings. The van der Waals surface area contributed by atoms with Gasteiger partial charge < -0.3 is 15.0 Å². The predicted octanol–water partition coefficient (Wildman–Crippen LogP) is 1.63. The average Bonchev–Trinajstić information content (AvgIpc) is 3.17. The van der Waals surface area contributed by atoms with Crippen LogP contribution >= 0.6 is 0 Å². The molecule has 0 radical (unpaired) electrons. The number of carbonyl (C=O) groups is 4. The fraction of sp³-hybridized carbons (Fsp3) is 0.360. The molecular weight excluding hydrogens is 436 g/mol. The Labute approximate surface area is 198 Å². The SMILES string of the molecule is C[C@@H](OC(=O)c1ccc(CN2C(=O)CNC2=O)cc1)C(=O)N1CCN(Cc2ccccc2)CC1. The molecule has 34 heavy (non-hydrogen) atoms. The standard InChI is InChI=1S/C25H28N4O5/c1-18(23(31)28-13-11-27(12-14-28)16-19-5-3-2-4-6-19)34-24(32)21-9-7-20(8-10-21)17-29-22(30)15-26-25(29)33/h2-10,18H,11-17H2,1H3,(H,26,33)/t18-/m1/s1. The molecular formula is C25H28N4O5. The summed E-state index contributed by atoms with van der Waals surface area (Å²) in [5.74, 6) is -1.09. The van der Waals surface area contributed by atoms with E-state index in [1.165, 1.54) is 5.56 Å². The lowest BCUT2D eigenvalue weighted by molar-refractivity contribution is -0.141. The van der Waals surface area contributed by atoms with Crippen LogP contribution in [0.5, 0.6) is 0 Å². The molecule has 0 bridgehead atoms. The molecule has 2 heterocycles. The van der Waals surface area contributed by atoms with Gasteiger partial charge >= 0.3 is 12.0 Å². The Bertz CT molecular complexity index is 1030. The van der Waals surface area contributed by atoms with Crippen molar-refractivity contribution in [2.45, 2.75) is 26.1 Å². The summed E-state index contributed by atoms with van der Waals surface area (Å²) in [6.07, 6.45) is -0.890. The summed E-state index contributed by atoms with van der Waals surface area (Å²) in [7, 11) is 0. The van der Waals surface area contributed by atoms with E-state index in [-0.39, 0.29) is 24.9 Å². The molecule has 4 rings (SSSR count). The van der Waals surface area contributed by atoms with E-state index in [4.69, 9.17) is 4.74 Å². The first-order valence-corrected chi connectivity index (χ1v) is 11.3. The van der Waals surface area contributed by atoms with Gasteiger partial charge in [0.2, 0.25) is 5.91 Å². The Kier molecular flexibility index (Phi) is 7.22. The molecule has 0 saturated carbocycles. The first-order valence-electron chi connectivity index (χ1n) is 11.3. The van der Waals surface area contributed by atoms with Crippen molar-refractivity contribution in [3.63, 3.8) is 0 Å². The molecule has 0 aromatic heterocycles. The number of hydrogen-bond acceptors (Lipinski definition) is 6. The number of imide groups is 1. The lowest BCUT2D eigenvalue weighted by atomic mass is 10.1. The van der Waals surface area contributed by atoms with E-state index in [1.54, 1.807) is 36.1 Å². The molecule has 9 nitrogen and oxygen atoms in total. The Balaban J connectivity index is 1.25. The third-order valence-corrected chi connectivity index (χ3v) is 6.03. The highest BCUT2D eigenvalue weighted by molar-refractivity contribution is 6.01. The van der Waals surface area contributed by atoms with E-state index in [0.717, 1.165) is 24.5 Å². The topological polar surface area (TPSA) is 99.3 Å². The summed E-state index contributed by atoms with van der Waals surface area (Å²) >= 11 is 0. The summed E-state index contributed by atoms with van der Waals surface area (Å²) in [5.41, 5.74) is 2.25. The fourth-order valence-electron chi connectivity index (χ4n) is 4.05. The highest BCUT2D eigenvalue weighted by Crippen LogP contribution is 2.14. The van der Waals surface area contributed by atoms with E-state index < -0.39 is 18.1 Å². The van der Waals surface area contributed by atoms with E-state index in [2.05, 4.69) is 22.3 Å². The highest BCUT2D eigenvalue weighted by atomic mass is 16.5. The Morgan fingerprint density at radius 3 is 2.18 bits per heavy atom. The predicted molar refractivity (Wildman–Crippen MR) is 124 cm³/mol. The number of piperazine rings is 1. The maximum absolute atomic E-state index is 12.8. The third-order valence-electron chi connectivity index (χ3n) is 6.03. The normalized spacial score (nSPS) is 17.4. The fourth-order valence-corrected chi connectivity index (χ4v) is 4.05. The zero-order valence-electron chi connectivity index (χ0n) is 19.1. The van der Waals surface area contributed by atoms with Gasteiger partial charge in [0.25, 0.3) is 5.91 Å². The maximum atomic E-state index is 12.8. The van der Waals surface area contributed by atoms with Crippen molar-refractivity contribution in [1.82, 2.24) is 20.0 Å². The molecule has 2 aromatic carbocycles. The molecule has 2 fully saturated rings. The van der Waals surface area contributed by atoms with Gasteiger partial charge in [-0.1, -0.05) is 42.5 Å². The van der Waals surface area contributed by atoms with Crippen molar-refractivity contribution in [3.05, 3.63) is 71.3 Å². The molecule has 0 unspecified atom stereocenters. The number of carbonyl (C=O) groups excluding carboxylic acids is 4. The van der Waals surface area contributed by atoms with Crippen molar-refractivity contribution >= 4 is 23.8 Å². The monoisotopic (exact) mass is 464 g/mol. The van der Waals surface area contributed by atoms with Crippen LogP contribution in [0.25, 0.3) is 0 Å². The molecule has 0 spiro atoms. The minimum atomic E-state index is -0.890. The quantitative estimate of drug-likeness (QED) is 0.494. The van der Waals surface area contributed by atoms with E-state index >= 15 is 0 Å². The molecule has 9 heteroatoms. The molecule has 2 saturated heterocycles. The van der Waals surface area contributed by atoms with Gasteiger partial charge in [0.05, 0.1) is 18.7 Å². The zero-order valence-corrected chi connectivity index (χ0v) is 19.1. The number of nitrogens with zero attached hydrogens (tertiary/aromatic N) is 3. The smallest absolute Gasteiger partial charge is 0.338 e. The van der Waals surface area contributed by atoms with E-state index in [9.17, 15) is 19.2 Å².